The highest BCUT2D eigenvalue weighted by Crippen LogP contribution is 2.33. The summed E-state index contributed by atoms with van der Waals surface area (Å²) in [5.41, 5.74) is 2.66. The molecular formula is C18H21NOS. The lowest BCUT2D eigenvalue weighted by Gasteiger charge is -2.21. The molecule has 2 aromatic rings. The monoisotopic (exact) mass is 299 g/mol. The van der Waals surface area contributed by atoms with Gasteiger partial charge in [0, 0.05) is 16.9 Å². The van der Waals surface area contributed by atoms with Gasteiger partial charge in [0.25, 0.3) is 0 Å². The van der Waals surface area contributed by atoms with Gasteiger partial charge in [-0.2, -0.15) is 0 Å². The maximum Gasteiger partial charge on any atom is 0.134 e. The molecule has 1 aliphatic rings. The summed E-state index contributed by atoms with van der Waals surface area (Å²) in [5, 5.41) is 5.34. The molecule has 0 saturated carbocycles. The highest BCUT2D eigenvalue weighted by Gasteiger charge is 2.17. The van der Waals surface area contributed by atoms with Gasteiger partial charge in [-0.25, -0.2) is 0 Å². The van der Waals surface area contributed by atoms with Crippen LogP contribution < -0.4 is 10.1 Å². The molecule has 1 N–H and O–H groups in total. The van der Waals surface area contributed by atoms with Crippen LogP contribution in [0.1, 0.15) is 34.9 Å². The predicted octanol–water partition coefficient (Wildman–Crippen LogP) is 4.44. The average Bonchev–Trinajstić information content (AvgIpc) is 3.06. The molecular weight excluding hydrogens is 278 g/mol. The molecule has 1 aromatic heterocycles. The van der Waals surface area contributed by atoms with Gasteiger partial charge in [0.1, 0.15) is 11.9 Å². The Labute approximate surface area is 130 Å². The number of hydrogen-bond donors (Lipinski definition) is 1. The minimum absolute atomic E-state index is 0.124. The van der Waals surface area contributed by atoms with Crippen molar-refractivity contribution in [3.8, 4) is 5.75 Å². The van der Waals surface area contributed by atoms with Crippen molar-refractivity contribution < 1.29 is 4.74 Å². The number of allylic oxidation sites excluding steroid dienone is 1. The predicted molar refractivity (Wildman–Crippen MR) is 90.0 cm³/mol. The van der Waals surface area contributed by atoms with Crippen LogP contribution in [0.4, 0.5) is 0 Å². The zero-order chi connectivity index (χ0) is 14.5. The van der Waals surface area contributed by atoms with Crippen LogP contribution in [0.2, 0.25) is 0 Å². The van der Waals surface area contributed by atoms with Crippen molar-refractivity contribution in [2.75, 3.05) is 13.6 Å². The Bertz CT molecular complexity index is 604. The van der Waals surface area contributed by atoms with Gasteiger partial charge in [-0.15, -0.1) is 11.3 Å². The highest BCUT2D eigenvalue weighted by molar-refractivity contribution is 7.10. The van der Waals surface area contributed by atoms with Gasteiger partial charge in [0.15, 0.2) is 0 Å². The molecule has 0 fully saturated rings. The molecule has 0 radical (unpaired) electrons. The third kappa shape index (κ3) is 3.36. The molecule has 0 amide bonds. The van der Waals surface area contributed by atoms with Gasteiger partial charge in [0.2, 0.25) is 0 Å². The third-order valence-electron chi connectivity index (χ3n) is 3.81. The van der Waals surface area contributed by atoms with Crippen LogP contribution in [0.15, 0.2) is 41.8 Å². The summed E-state index contributed by atoms with van der Waals surface area (Å²) in [6.07, 6.45) is 7.79. The van der Waals surface area contributed by atoms with Crippen molar-refractivity contribution in [3.63, 3.8) is 0 Å². The number of nitrogens with one attached hydrogen (secondary N) is 1. The molecule has 1 aromatic carbocycles. The first kappa shape index (κ1) is 14.4. The Balaban J connectivity index is 1.85. The average molecular weight is 299 g/mol. The number of thiophene rings is 1. The van der Waals surface area contributed by atoms with Crippen molar-refractivity contribution in [3.05, 3.63) is 57.8 Å². The molecule has 0 bridgehead atoms. The molecule has 3 heteroatoms. The van der Waals surface area contributed by atoms with Crippen LogP contribution in [-0.4, -0.2) is 13.6 Å². The topological polar surface area (TPSA) is 21.3 Å². The maximum absolute atomic E-state index is 6.38. The van der Waals surface area contributed by atoms with Crippen molar-refractivity contribution >= 4 is 17.4 Å². The third-order valence-corrected chi connectivity index (χ3v) is 4.77. The number of hydrogen-bond acceptors (Lipinski definition) is 3. The van der Waals surface area contributed by atoms with Crippen molar-refractivity contribution in [1.29, 1.82) is 0 Å². The normalized spacial score (nSPS) is 14.7. The molecule has 0 saturated heterocycles. The minimum atomic E-state index is 0.124. The quantitative estimate of drug-likeness (QED) is 0.851. The summed E-state index contributed by atoms with van der Waals surface area (Å²) in [7, 11) is 1.98. The zero-order valence-electron chi connectivity index (χ0n) is 12.3. The lowest BCUT2D eigenvalue weighted by molar-refractivity contribution is 0.198. The molecule has 0 unspecified atom stereocenters. The Morgan fingerprint density at radius 1 is 1.29 bits per heavy atom. The summed E-state index contributed by atoms with van der Waals surface area (Å²) in [4.78, 5) is 1.29. The van der Waals surface area contributed by atoms with Gasteiger partial charge < -0.3 is 10.1 Å². The van der Waals surface area contributed by atoms with Gasteiger partial charge in [-0.1, -0.05) is 30.4 Å². The number of fused-ring (bicyclic) bond motifs is 1. The van der Waals surface area contributed by atoms with E-state index in [1.54, 1.807) is 11.3 Å². The Kier molecular flexibility index (Phi) is 4.73. The molecule has 0 aliphatic heterocycles. The Morgan fingerprint density at radius 2 is 2.24 bits per heavy atom. The Morgan fingerprint density at radius 3 is 3.05 bits per heavy atom. The fourth-order valence-electron chi connectivity index (χ4n) is 2.70. The van der Waals surface area contributed by atoms with Crippen LogP contribution in [0.25, 0.3) is 6.08 Å². The maximum atomic E-state index is 6.38. The SMILES string of the molecule is CNCC[C@H](Oc1cccc2c1C=CCC2)c1cccs1. The largest absolute Gasteiger partial charge is 0.484 e. The van der Waals surface area contributed by atoms with Crippen LogP contribution in [0.3, 0.4) is 0 Å². The van der Waals surface area contributed by atoms with Crippen LogP contribution >= 0.6 is 11.3 Å². The van der Waals surface area contributed by atoms with Gasteiger partial charge in [-0.3, -0.25) is 0 Å². The van der Waals surface area contributed by atoms with E-state index in [4.69, 9.17) is 4.74 Å². The van der Waals surface area contributed by atoms with Crippen molar-refractivity contribution in [2.24, 2.45) is 0 Å². The fourth-order valence-corrected chi connectivity index (χ4v) is 3.49. The first-order valence-corrected chi connectivity index (χ1v) is 8.39. The first-order valence-electron chi connectivity index (χ1n) is 7.51. The molecule has 110 valence electrons. The van der Waals surface area contributed by atoms with Gasteiger partial charge in [0.05, 0.1) is 0 Å². The van der Waals surface area contributed by atoms with E-state index in [1.807, 2.05) is 7.05 Å². The molecule has 3 rings (SSSR count). The highest BCUT2D eigenvalue weighted by atomic mass is 32.1. The summed E-state index contributed by atoms with van der Waals surface area (Å²) >= 11 is 1.77. The summed E-state index contributed by atoms with van der Waals surface area (Å²) in [6, 6.07) is 10.7. The zero-order valence-corrected chi connectivity index (χ0v) is 13.2. The van der Waals surface area contributed by atoms with E-state index < -0.39 is 0 Å². The molecule has 1 atom stereocenters. The summed E-state index contributed by atoms with van der Waals surface area (Å²) in [6.45, 7) is 0.952. The van der Waals surface area contributed by atoms with E-state index in [0.717, 1.165) is 31.6 Å². The van der Waals surface area contributed by atoms with E-state index in [2.05, 4.69) is 53.2 Å². The van der Waals surface area contributed by atoms with Gasteiger partial charge in [-0.05, 0) is 49.5 Å². The second kappa shape index (κ2) is 6.92. The summed E-state index contributed by atoms with van der Waals surface area (Å²) < 4.78 is 6.38. The molecule has 2 nitrogen and oxygen atoms in total. The van der Waals surface area contributed by atoms with E-state index in [-0.39, 0.29) is 6.10 Å². The van der Waals surface area contributed by atoms with Crippen LogP contribution in [0.5, 0.6) is 5.75 Å². The first-order chi connectivity index (χ1) is 10.4. The lowest BCUT2D eigenvalue weighted by atomic mass is 9.96. The number of benzene rings is 1. The Hall–Kier alpha value is -1.58. The number of aryl methyl sites for hydroxylation is 1. The minimum Gasteiger partial charge on any atom is -0.484 e. The standard InChI is InChI=1S/C18H21NOS/c1-19-12-11-17(18-10-5-13-21-18)20-16-9-4-7-14-6-2-3-8-15(14)16/h3-5,7-10,13,17,19H,2,6,11-12H2,1H3/t17-/m0/s1. The molecule has 21 heavy (non-hydrogen) atoms. The van der Waals surface area contributed by atoms with Crippen LogP contribution in [0, 0.1) is 0 Å². The van der Waals surface area contributed by atoms with Crippen molar-refractivity contribution in [2.45, 2.75) is 25.4 Å². The second-order valence-electron chi connectivity index (χ2n) is 5.28. The number of ether oxygens (including phenoxy) is 1. The molecule has 1 heterocycles. The summed E-state index contributed by atoms with van der Waals surface area (Å²) in [5.74, 6) is 1.01. The second-order valence-corrected chi connectivity index (χ2v) is 6.26. The fraction of sp³-hybridized carbons (Fsp3) is 0.333. The number of rotatable bonds is 6. The van der Waals surface area contributed by atoms with E-state index in [9.17, 15) is 0 Å². The van der Waals surface area contributed by atoms with Gasteiger partial charge >= 0.3 is 0 Å². The van der Waals surface area contributed by atoms with E-state index >= 15 is 0 Å². The molecule has 0 spiro atoms. The van der Waals surface area contributed by atoms with E-state index in [0.29, 0.717) is 0 Å². The molecule has 1 aliphatic carbocycles. The van der Waals surface area contributed by atoms with Crippen LogP contribution in [-0.2, 0) is 6.42 Å². The van der Waals surface area contributed by atoms with E-state index in [1.165, 1.54) is 16.0 Å². The lowest BCUT2D eigenvalue weighted by Crippen LogP contribution is -2.16. The van der Waals surface area contributed by atoms with Crippen molar-refractivity contribution in [1.82, 2.24) is 5.32 Å². The smallest absolute Gasteiger partial charge is 0.134 e.